The van der Waals surface area contributed by atoms with Crippen molar-refractivity contribution in [3.05, 3.63) is 33.9 Å². The number of hydrogen-bond donors (Lipinski definition) is 2. The van der Waals surface area contributed by atoms with E-state index in [1.807, 2.05) is 0 Å². The van der Waals surface area contributed by atoms with Crippen molar-refractivity contribution in [3.8, 4) is 0 Å². The highest BCUT2D eigenvalue weighted by Crippen LogP contribution is 2.25. The molecule has 1 aromatic heterocycles. The normalized spacial score (nSPS) is 17.1. The van der Waals surface area contributed by atoms with Crippen LogP contribution in [0.4, 0.5) is 0 Å². The standard InChI is InChI=1S/C11H16O4/c1-4-8(12)11(3,14)9-6-5-7(2)10(13)15-9/h5-6,8,12,14H,4H2,1-3H3/t8-,11-/m1/s1. The number of aryl methyl sites for hydroxylation is 1. The lowest BCUT2D eigenvalue weighted by Gasteiger charge is -2.26. The van der Waals surface area contributed by atoms with Crippen LogP contribution in [-0.2, 0) is 5.60 Å². The summed E-state index contributed by atoms with van der Waals surface area (Å²) in [7, 11) is 0. The molecule has 0 fully saturated rings. The van der Waals surface area contributed by atoms with Crippen LogP contribution in [0.1, 0.15) is 31.6 Å². The molecule has 15 heavy (non-hydrogen) atoms. The second-order valence-corrected chi connectivity index (χ2v) is 3.84. The monoisotopic (exact) mass is 212 g/mol. The molecule has 0 radical (unpaired) electrons. The quantitative estimate of drug-likeness (QED) is 0.781. The zero-order valence-electron chi connectivity index (χ0n) is 9.15. The maximum atomic E-state index is 11.2. The van der Waals surface area contributed by atoms with Gasteiger partial charge < -0.3 is 14.6 Å². The summed E-state index contributed by atoms with van der Waals surface area (Å²) >= 11 is 0. The van der Waals surface area contributed by atoms with E-state index in [2.05, 4.69) is 0 Å². The molecule has 1 rings (SSSR count). The minimum absolute atomic E-state index is 0.0902. The van der Waals surface area contributed by atoms with E-state index in [9.17, 15) is 15.0 Å². The summed E-state index contributed by atoms with van der Waals surface area (Å²) in [6.07, 6.45) is -0.576. The first kappa shape index (κ1) is 11.9. The Balaban J connectivity index is 3.16. The van der Waals surface area contributed by atoms with Crippen molar-refractivity contribution in [2.75, 3.05) is 0 Å². The summed E-state index contributed by atoms with van der Waals surface area (Å²) in [5.74, 6) is 0.0902. The summed E-state index contributed by atoms with van der Waals surface area (Å²) in [5.41, 5.74) is -1.54. The number of rotatable bonds is 3. The fraction of sp³-hybridized carbons (Fsp3) is 0.545. The molecule has 1 heterocycles. The first-order chi connectivity index (χ1) is 6.89. The molecule has 0 aliphatic heterocycles. The van der Waals surface area contributed by atoms with E-state index < -0.39 is 17.3 Å². The lowest BCUT2D eigenvalue weighted by atomic mass is 9.94. The van der Waals surface area contributed by atoms with E-state index in [-0.39, 0.29) is 5.76 Å². The van der Waals surface area contributed by atoms with Crippen molar-refractivity contribution in [1.29, 1.82) is 0 Å². The zero-order chi connectivity index (χ0) is 11.6. The van der Waals surface area contributed by atoms with Crippen molar-refractivity contribution in [2.45, 2.75) is 38.9 Å². The van der Waals surface area contributed by atoms with Crippen LogP contribution in [0.3, 0.4) is 0 Å². The molecular weight excluding hydrogens is 196 g/mol. The Morgan fingerprint density at radius 2 is 2.13 bits per heavy atom. The molecular formula is C11H16O4. The molecule has 1 aromatic rings. The molecule has 2 N–H and O–H groups in total. The van der Waals surface area contributed by atoms with E-state index in [4.69, 9.17) is 4.42 Å². The Morgan fingerprint density at radius 3 is 2.60 bits per heavy atom. The summed E-state index contributed by atoms with van der Waals surface area (Å²) in [6.45, 7) is 4.79. The first-order valence-corrected chi connectivity index (χ1v) is 4.91. The third kappa shape index (κ3) is 2.27. The zero-order valence-corrected chi connectivity index (χ0v) is 9.15. The lowest BCUT2D eigenvalue weighted by Crippen LogP contribution is -2.36. The fourth-order valence-electron chi connectivity index (χ4n) is 1.32. The van der Waals surface area contributed by atoms with Crippen molar-refractivity contribution in [3.63, 3.8) is 0 Å². The van der Waals surface area contributed by atoms with Crippen LogP contribution in [0.15, 0.2) is 21.3 Å². The topological polar surface area (TPSA) is 70.7 Å². The van der Waals surface area contributed by atoms with Gasteiger partial charge in [0.2, 0.25) is 0 Å². The van der Waals surface area contributed by atoms with Crippen molar-refractivity contribution in [2.24, 2.45) is 0 Å². The molecule has 0 aliphatic carbocycles. The van der Waals surface area contributed by atoms with Gasteiger partial charge in [0.25, 0.3) is 0 Å². The second-order valence-electron chi connectivity index (χ2n) is 3.84. The van der Waals surface area contributed by atoms with E-state index in [1.54, 1.807) is 19.9 Å². The predicted octanol–water partition coefficient (Wildman–Crippen LogP) is 0.927. The molecule has 2 atom stereocenters. The van der Waals surface area contributed by atoms with Gasteiger partial charge in [0.05, 0.1) is 6.10 Å². The van der Waals surface area contributed by atoms with Gasteiger partial charge in [-0.2, -0.15) is 0 Å². The van der Waals surface area contributed by atoms with Gasteiger partial charge in [0.15, 0.2) is 0 Å². The first-order valence-electron chi connectivity index (χ1n) is 4.91. The summed E-state index contributed by atoms with van der Waals surface area (Å²) in [4.78, 5) is 11.2. The number of aliphatic hydroxyl groups is 2. The Morgan fingerprint density at radius 1 is 1.53 bits per heavy atom. The Bertz CT molecular complexity index is 392. The van der Waals surface area contributed by atoms with Crippen LogP contribution in [0.5, 0.6) is 0 Å². The summed E-state index contributed by atoms with van der Waals surface area (Å²) in [5, 5.41) is 19.6. The van der Waals surface area contributed by atoms with Crippen LogP contribution < -0.4 is 5.63 Å². The Hall–Kier alpha value is -1.13. The van der Waals surface area contributed by atoms with Gasteiger partial charge in [0.1, 0.15) is 11.4 Å². The average Bonchev–Trinajstić information content (AvgIpc) is 2.20. The van der Waals surface area contributed by atoms with Gasteiger partial charge >= 0.3 is 5.63 Å². The molecule has 0 saturated heterocycles. The van der Waals surface area contributed by atoms with Gasteiger partial charge in [-0.15, -0.1) is 0 Å². The molecule has 0 amide bonds. The number of hydrogen-bond acceptors (Lipinski definition) is 4. The maximum absolute atomic E-state index is 11.2. The molecule has 0 aromatic carbocycles. The largest absolute Gasteiger partial charge is 0.424 e. The van der Waals surface area contributed by atoms with Crippen LogP contribution >= 0.6 is 0 Å². The number of aliphatic hydroxyl groups excluding tert-OH is 1. The third-order valence-electron chi connectivity index (χ3n) is 2.54. The Kier molecular flexibility index (Phi) is 3.31. The lowest BCUT2D eigenvalue weighted by molar-refractivity contribution is -0.0827. The molecule has 4 nitrogen and oxygen atoms in total. The SMILES string of the molecule is CC[C@@H](O)[C@@](C)(O)c1ccc(C)c(=O)o1. The highest BCUT2D eigenvalue weighted by Gasteiger charge is 2.33. The van der Waals surface area contributed by atoms with Crippen LogP contribution in [-0.4, -0.2) is 16.3 Å². The average molecular weight is 212 g/mol. The van der Waals surface area contributed by atoms with Gasteiger partial charge in [-0.1, -0.05) is 6.92 Å². The van der Waals surface area contributed by atoms with Gasteiger partial charge in [0, 0.05) is 5.56 Å². The van der Waals surface area contributed by atoms with Crippen LogP contribution in [0.25, 0.3) is 0 Å². The third-order valence-corrected chi connectivity index (χ3v) is 2.54. The van der Waals surface area contributed by atoms with Gasteiger partial charge in [-0.25, -0.2) is 4.79 Å². The minimum atomic E-state index is -1.53. The van der Waals surface area contributed by atoms with E-state index >= 15 is 0 Å². The van der Waals surface area contributed by atoms with Crippen molar-refractivity contribution in [1.82, 2.24) is 0 Å². The van der Waals surface area contributed by atoms with Gasteiger partial charge in [-0.05, 0) is 32.4 Å². The molecule has 0 saturated carbocycles. The minimum Gasteiger partial charge on any atom is -0.424 e. The van der Waals surface area contributed by atoms with Crippen molar-refractivity contribution < 1.29 is 14.6 Å². The fourth-order valence-corrected chi connectivity index (χ4v) is 1.32. The Labute approximate surface area is 88.2 Å². The molecule has 0 unspecified atom stereocenters. The highest BCUT2D eigenvalue weighted by atomic mass is 16.4. The second kappa shape index (κ2) is 4.16. The van der Waals surface area contributed by atoms with E-state index in [1.165, 1.54) is 13.0 Å². The molecule has 84 valence electrons. The highest BCUT2D eigenvalue weighted by molar-refractivity contribution is 5.14. The van der Waals surface area contributed by atoms with E-state index in [0.29, 0.717) is 12.0 Å². The predicted molar refractivity (Wildman–Crippen MR) is 55.6 cm³/mol. The molecule has 4 heteroatoms. The molecule has 0 bridgehead atoms. The van der Waals surface area contributed by atoms with Crippen LogP contribution in [0.2, 0.25) is 0 Å². The maximum Gasteiger partial charge on any atom is 0.338 e. The summed E-state index contributed by atoms with van der Waals surface area (Å²) in [6, 6.07) is 3.08. The summed E-state index contributed by atoms with van der Waals surface area (Å²) < 4.78 is 4.93. The molecule has 0 spiro atoms. The van der Waals surface area contributed by atoms with E-state index in [0.717, 1.165) is 0 Å². The smallest absolute Gasteiger partial charge is 0.338 e. The van der Waals surface area contributed by atoms with Gasteiger partial charge in [-0.3, -0.25) is 0 Å². The van der Waals surface area contributed by atoms with Crippen molar-refractivity contribution >= 4 is 0 Å². The van der Waals surface area contributed by atoms with Crippen LogP contribution in [0, 0.1) is 6.92 Å². The molecule has 0 aliphatic rings.